The lowest BCUT2D eigenvalue weighted by atomic mass is 10.2. The monoisotopic (exact) mass is 302 g/mol. The van der Waals surface area contributed by atoms with Crippen LogP contribution in [0, 0.1) is 6.92 Å². The predicted octanol–water partition coefficient (Wildman–Crippen LogP) is 3.54. The van der Waals surface area contributed by atoms with E-state index >= 15 is 0 Å². The van der Waals surface area contributed by atoms with Gasteiger partial charge in [-0.25, -0.2) is 0 Å². The number of aryl methyl sites for hydroxylation is 1. The summed E-state index contributed by atoms with van der Waals surface area (Å²) in [6, 6.07) is 12.2. The molecule has 0 bridgehead atoms. The molecule has 21 heavy (non-hydrogen) atoms. The highest BCUT2D eigenvalue weighted by Crippen LogP contribution is 2.17. The van der Waals surface area contributed by atoms with Gasteiger partial charge in [0.15, 0.2) is 0 Å². The molecule has 1 aromatic heterocycles. The first-order valence-electron chi connectivity index (χ1n) is 7.18. The molecule has 0 radical (unpaired) electrons. The fourth-order valence-corrected chi connectivity index (χ4v) is 3.12. The second kappa shape index (κ2) is 7.38. The molecule has 0 spiro atoms. The Labute approximate surface area is 130 Å². The van der Waals surface area contributed by atoms with Crippen LogP contribution in [0.2, 0.25) is 0 Å². The van der Waals surface area contributed by atoms with Crippen molar-refractivity contribution < 1.29 is 4.79 Å². The maximum atomic E-state index is 12.5. The van der Waals surface area contributed by atoms with Gasteiger partial charge in [-0.15, -0.1) is 11.3 Å². The van der Waals surface area contributed by atoms with Gasteiger partial charge < -0.3 is 4.90 Å². The van der Waals surface area contributed by atoms with Crippen LogP contribution in [0.15, 0.2) is 41.8 Å². The molecule has 0 aliphatic heterocycles. The Kier molecular flexibility index (Phi) is 5.53. The molecule has 0 fully saturated rings. The van der Waals surface area contributed by atoms with Crippen LogP contribution in [-0.2, 0) is 11.3 Å². The van der Waals surface area contributed by atoms with Crippen molar-refractivity contribution >= 4 is 22.9 Å². The van der Waals surface area contributed by atoms with Gasteiger partial charge in [0.05, 0.1) is 6.54 Å². The minimum Gasteiger partial charge on any atom is -0.312 e. The highest BCUT2D eigenvalue weighted by molar-refractivity contribution is 7.09. The molecule has 0 saturated carbocycles. The van der Waals surface area contributed by atoms with Crippen LogP contribution in [0.25, 0.3) is 0 Å². The summed E-state index contributed by atoms with van der Waals surface area (Å²) in [4.78, 5) is 17.7. The van der Waals surface area contributed by atoms with E-state index in [-0.39, 0.29) is 5.91 Å². The van der Waals surface area contributed by atoms with E-state index in [2.05, 4.69) is 22.4 Å². The zero-order valence-electron chi connectivity index (χ0n) is 12.9. The zero-order chi connectivity index (χ0) is 15.2. The summed E-state index contributed by atoms with van der Waals surface area (Å²) < 4.78 is 0. The van der Waals surface area contributed by atoms with E-state index < -0.39 is 0 Å². The standard InChI is InChI=1S/C17H22N2OS/c1-4-19(15-8-5-7-14(2)11-15)17(20)13-18(3)12-16-9-6-10-21-16/h5-11H,4,12-13H2,1-3H3. The quantitative estimate of drug-likeness (QED) is 0.815. The minimum atomic E-state index is 0.141. The van der Waals surface area contributed by atoms with Gasteiger partial charge in [0.1, 0.15) is 0 Å². The Hall–Kier alpha value is -1.65. The number of thiophene rings is 1. The zero-order valence-corrected chi connectivity index (χ0v) is 13.7. The van der Waals surface area contributed by atoms with Crippen LogP contribution in [-0.4, -0.2) is 30.9 Å². The summed E-state index contributed by atoms with van der Waals surface area (Å²) >= 11 is 1.72. The number of benzene rings is 1. The van der Waals surface area contributed by atoms with E-state index in [0.717, 1.165) is 12.2 Å². The second-order valence-corrected chi connectivity index (χ2v) is 6.26. The molecule has 4 heteroatoms. The van der Waals surface area contributed by atoms with Crippen molar-refractivity contribution in [2.24, 2.45) is 0 Å². The molecule has 112 valence electrons. The molecule has 0 atom stereocenters. The van der Waals surface area contributed by atoms with Gasteiger partial charge in [0.25, 0.3) is 0 Å². The predicted molar refractivity (Wildman–Crippen MR) is 89.9 cm³/mol. The normalized spacial score (nSPS) is 10.9. The highest BCUT2D eigenvalue weighted by atomic mass is 32.1. The highest BCUT2D eigenvalue weighted by Gasteiger charge is 2.16. The fraction of sp³-hybridized carbons (Fsp3) is 0.353. The largest absolute Gasteiger partial charge is 0.312 e. The van der Waals surface area contributed by atoms with Crippen LogP contribution in [0.4, 0.5) is 5.69 Å². The smallest absolute Gasteiger partial charge is 0.241 e. The molecule has 0 unspecified atom stereocenters. The molecule has 2 aromatic rings. The number of hydrogen-bond acceptors (Lipinski definition) is 3. The van der Waals surface area contributed by atoms with Crippen LogP contribution >= 0.6 is 11.3 Å². The number of rotatable bonds is 6. The van der Waals surface area contributed by atoms with Crippen molar-refractivity contribution in [2.75, 3.05) is 25.0 Å². The molecule has 3 nitrogen and oxygen atoms in total. The SMILES string of the molecule is CCN(C(=O)CN(C)Cc1cccs1)c1cccc(C)c1. The molecule has 0 N–H and O–H groups in total. The molecular weight excluding hydrogens is 280 g/mol. The van der Waals surface area contributed by atoms with Crippen molar-refractivity contribution in [1.29, 1.82) is 0 Å². The van der Waals surface area contributed by atoms with Crippen molar-refractivity contribution in [3.8, 4) is 0 Å². The van der Waals surface area contributed by atoms with Crippen LogP contribution < -0.4 is 4.90 Å². The van der Waals surface area contributed by atoms with Crippen molar-refractivity contribution in [2.45, 2.75) is 20.4 Å². The Morgan fingerprint density at radius 3 is 2.67 bits per heavy atom. The van der Waals surface area contributed by atoms with Gasteiger partial charge >= 0.3 is 0 Å². The first-order chi connectivity index (χ1) is 10.1. The summed E-state index contributed by atoms with van der Waals surface area (Å²) in [7, 11) is 1.99. The number of anilines is 1. The van der Waals surface area contributed by atoms with Crippen LogP contribution in [0.3, 0.4) is 0 Å². The van der Waals surface area contributed by atoms with Crippen LogP contribution in [0.5, 0.6) is 0 Å². The molecule has 0 aliphatic carbocycles. The molecular formula is C17H22N2OS. The van der Waals surface area contributed by atoms with E-state index in [9.17, 15) is 4.79 Å². The number of likely N-dealkylation sites (N-methyl/N-ethyl adjacent to an activating group) is 2. The van der Waals surface area contributed by atoms with Gasteiger partial charge in [-0.3, -0.25) is 9.69 Å². The van der Waals surface area contributed by atoms with E-state index in [4.69, 9.17) is 0 Å². The Morgan fingerprint density at radius 1 is 1.24 bits per heavy atom. The average Bonchev–Trinajstić information content (AvgIpc) is 2.92. The number of carbonyl (C=O) groups excluding carboxylic acids is 1. The van der Waals surface area contributed by atoms with E-state index in [0.29, 0.717) is 13.1 Å². The first-order valence-corrected chi connectivity index (χ1v) is 8.06. The molecule has 0 aliphatic rings. The number of carbonyl (C=O) groups is 1. The fourth-order valence-electron chi connectivity index (χ4n) is 2.34. The maximum Gasteiger partial charge on any atom is 0.241 e. The maximum absolute atomic E-state index is 12.5. The van der Waals surface area contributed by atoms with Crippen molar-refractivity contribution in [3.05, 3.63) is 52.2 Å². The minimum absolute atomic E-state index is 0.141. The van der Waals surface area contributed by atoms with E-state index in [1.54, 1.807) is 11.3 Å². The second-order valence-electron chi connectivity index (χ2n) is 5.23. The third-order valence-corrected chi connectivity index (χ3v) is 4.20. The van der Waals surface area contributed by atoms with Gasteiger partial charge in [-0.1, -0.05) is 18.2 Å². The third-order valence-electron chi connectivity index (χ3n) is 3.34. The lowest BCUT2D eigenvalue weighted by Crippen LogP contribution is -2.38. The van der Waals surface area contributed by atoms with Crippen molar-refractivity contribution in [3.63, 3.8) is 0 Å². The number of nitrogens with zero attached hydrogens (tertiary/aromatic N) is 2. The molecule has 1 heterocycles. The Balaban J connectivity index is 2.00. The Morgan fingerprint density at radius 2 is 2.05 bits per heavy atom. The Bertz CT molecular complexity index is 580. The molecule has 1 aromatic carbocycles. The van der Waals surface area contributed by atoms with Gasteiger partial charge in [-0.2, -0.15) is 0 Å². The molecule has 0 saturated heterocycles. The lowest BCUT2D eigenvalue weighted by molar-refractivity contribution is -0.119. The molecule has 2 rings (SSSR count). The molecule has 1 amide bonds. The lowest BCUT2D eigenvalue weighted by Gasteiger charge is -2.24. The summed E-state index contributed by atoms with van der Waals surface area (Å²) in [5.41, 5.74) is 2.15. The van der Waals surface area contributed by atoms with Gasteiger partial charge in [0.2, 0.25) is 5.91 Å². The summed E-state index contributed by atoms with van der Waals surface area (Å²) in [5, 5.41) is 2.07. The van der Waals surface area contributed by atoms with Gasteiger partial charge in [-0.05, 0) is 50.0 Å². The van der Waals surface area contributed by atoms with Gasteiger partial charge in [0, 0.05) is 23.7 Å². The third kappa shape index (κ3) is 4.41. The first kappa shape index (κ1) is 15.7. The topological polar surface area (TPSA) is 23.6 Å². The summed E-state index contributed by atoms with van der Waals surface area (Å²) in [6.07, 6.45) is 0. The summed E-state index contributed by atoms with van der Waals surface area (Å²) in [5.74, 6) is 0.141. The van der Waals surface area contributed by atoms with Crippen LogP contribution in [0.1, 0.15) is 17.4 Å². The van der Waals surface area contributed by atoms with E-state index in [1.165, 1.54) is 10.4 Å². The summed E-state index contributed by atoms with van der Waals surface area (Å²) in [6.45, 7) is 5.99. The van der Waals surface area contributed by atoms with Crippen molar-refractivity contribution in [1.82, 2.24) is 4.90 Å². The average molecular weight is 302 g/mol. The van der Waals surface area contributed by atoms with E-state index in [1.807, 2.05) is 50.1 Å². The number of hydrogen-bond donors (Lipinski definition) is 0. The number of amides is 1.